The fourth-order valence-electron chi connectivity index (χ4n) is 3.46. The Labute approximate surface area is 186 Å². The molecule has 2 heterocycles. The molecule has 3 rings (SSSR count). The first-order valence-corrected chi connectivity index (χ1v) is 11.3. The number of rotatable bonds is 8. The fraction of sp³-hybridized carbons (Fsp3) is 0.435. The second kappa shape index (κ2) is 9.60. The molecular formula is C23H30BrN5O. The third-order valence-corrected chi connectivity index (χ3v) is 6.83. The Morgan fingerprint density at radius 2 is 1.73 bits per heavy atom. The third kappa shape index (κ3) is 4.83. The van der Waals surface area contributed by atoms with Crippen molar-refractivity contribution in [2.75, 3.05) is 0 Å². The Balaban J connectivity index is 1.68. The van der Waals surface area contributed by atoms with Gasteiger partial charge in [0.2, 0.25) is 0 Å². The number of nitrogens with one attached hydrogen (secondary N) is 1. The minimum absolute atomic E-state index is 0.0411. The van der Waals surface area contributed by atoms with Gasteiger partial charge in [-0.2, -0.15) is 10.2 Å². The molecule has 6 nitrogen and oxygen atoms in total. The van der Waals surface area contributed by atoms with E-state index in [-0.39, 0.29) is 11.9 Å². The summed E-state index contributed by atoms with van der Waals surface area (Å²) in [7, 11) is 0. The van der Waals surface area contributed by atoms with Gasteiger partial charge in [0.1, 0.15) is 12.4 Å². The highest BCUT2D eigenvalue weighted by molar-refractivity contribution is 9.10. The highest BCUT2D eigenvalue weighted by Crippen LogP contribution is 2.23. The van der Waals surface area contributed by atoms with Crippen LogP contribution in [0.3, 0.4) is 0 Å². The molecule has 0 bridgehead atoms. The van der Waals surface area contributed by atoms with Crippen molar-refractivity contribution in [2.24, 2.45) is 0 Å². The molecule has 0 fully saturated rings. The number of hydrogen-bond acceptors (Lipinski definition) is 3. The van der Waals surface area contributed by atoms with Gasteiger partial charge in [-0.15, -0.1) is 0 Å². The topological polar surface area (TPSA) is 64.7 Å². The van der Waals surface area contributed by atoms with Crippen LogP contribution in [0.4, 0.5) is 0 Å². The summed E-state index contributed by atoms with van der Waals surface area (Å²) in [6.07, 6.45) is 3.74. The molecule has 1 amide bonds. The summed E-state index contributed by atoms with van der Waals surface area (Å²) >= 11 is 3.54. The average Bonchev–Trinajstić information content (AvgIpc) is 3.32. The molecule has 1 N–H and O–H groups in total. The quantitative estimate of drug-likeness (QED) is 0.480. The number of aromatic nitrogens is 4. The van der Waals surface area contributed by atoms with Crippen LogP contribution in [0.5, 0.6) is 0 Å². The van der Waals surface area contributed by atoms with E-state index in [1.165, 1.54) is 5.56 Å². The van der Waals surface area contributed by atoms with Crippen LogP contribution in [0.1, 0.15) is 78.6 Å². The van der Waals surface area contributed by atoms with Gasteiger partial charge in [0, 0.05) is 6.20 Å². The second-order valence-electron chi connectivity index (χ2n) is 7.78. The van der Waals surface area contributed by atoms with Crippen LogP contribution in [0, 0.1) is 13.8 Å². The van der Waals surface area contributed by atoms with Crippen LogP contribution in [0.15, 0.2) is 41.0 Å². The Kier molecular flexibility index (Phi) is 7.13. The smallest absolute Gasteiger partial charge is 0.272 e. The Morgan fingerprint density at radius 1 is 1.07 bits per heavy atom. The van der Waals surface area contributed by atoms with E-state index in [2.05, 4.69) is 76.5 Å². The summed E-state index contributed by atoms with van der Waals surface area (Å²) in [5.41, 5.74) is 4.82. The Morgan fingerprint density at radius 3 is 2.30 bits per heavy atom. The molecule has 3 aromatic rings. The number of halogens is 1. The van der Waals surface area contributed by atoms with Gasteiger partial charge < -0.3 is 5.32 Å². The molecule has 2 atom stereocenters. The fourth-order valence-corrected chi connectivity index (χ4v) is 3.74. The average molecular weight is 472 g/mol. The molecule has 0 aliphatic heterocycles. The van der Waals surface area contributed by atoms with Crippen molar-refractivity contribution < 1.29 is 4.79 Å². The summed E-state index contributed by atoms with van der Waals surface area (Å²) in [6.45, 7) is 10.9. The largest absolute Gasteiger partial charge is 0.344 e. The third-order valence-electron chi connectivity index (χ3n) is 5.68. The zero-order valence-corrected chi connectivity index (χ0v) is 19.9. The van der Waals surface area contributed by atoms with Crippen molar-refractivity contribution in [3.05, 3.63) is 69.2 Å². The number of carbonyl (C=O) groups is 1. The van der Waals surface area contributed by atoms with Crippen molar-refractivity contribution in [3.8, 4) is 0 Å². The maximum absolute atomic E-state index is 12.8. The lowest BCUT2D eigenvalue weighted by molar-refractivity contribution is 0.0929. The molecule has 2 aromatic heterocycles. The minimum atomic E-state index is -0.166. The van der Waals surface area contributed by atoms with Crippen LogP contribution in [0.25, 0.3) is 0 Å². The molecule has 0 radical (unpaired) electrons. The number of aryl methyl sites for hydroxylation is 1. The SMILES string of the molecule is CCC(C)c1ccc(C(CC)NC(=O)c2ccn(Cn3nc(C)c(Br)c3C)n2)cc1. The van der Waals surface area contributed by atoms with Crippen molar-refractivity contribution in [1.29, 1.82) is 0 Å². The number of amides is 1. The van der Waals surface area contributed by atoms with Gasteiger partial charge in [-0.3, -0.25) is 9.48 Å². The molecule has 0 saturated carbocycles. The van der Waals surface area contributed by atoms with Gasteiger partial charge in [-0.05, 0) is 65.7 Å². The van der Waals surface area contributed by atoms with E-state index in [1.54, 1.807) is 16.9 Å². The zero-order chi connectivity index (χ0) is 21.8. The minimum Gasteiger partial charge on any atom is -0.344 e. The summed E-state index contributed by atoms with van der Waals surface area (Å²) in [5, 5.41) is 12.1. The van der Waals surface area contributed by atoms with E-state index in [1.807, 2.05) is 18.5 Å². The van der Waals surface area contributed by atoms with E-state index >= 15 is 0 Å². The number of benzene rings is 1. The monoisotopic (exact) mass is 471 g/mol. The van der Waals surface area contributed by atoms with Crippen molar-refractivity contribution in [2.45, 2.75) is 66.1 Å². The van der Waals surface area contributed by atoms with Crippen LogP contribution in [0.2, 0.25) is 0 Å². The lowest BCUT2D eigenvalue weighted by Crippen LogP contribution is -2.28. The molecule has 0 spiro atoms. The first-order chi connectivity index (χ1) is 14.3. The van der Waals surface area contributed by atoms with Gasteiger partial charge >= 0.3 is 0 Å². The van der Waals surface area contributed by atoms with Gasteiger partial charge in [-0.1, -0.05) is 45.0 Å². The maximum Gasteiger partial charge on any atom is 0.272 e. The number of nitrogens with zero attached hydrogens (tertiary/aromatic N) is 4. The molecule has 0 saturated heterocycles. The second-order valence-corrected chi connectivity index (χ2v) is 8.57. The van der Waals surface area contributed by atoms with E-state index in [9.17, 15) is 4.79 Å². The Hall–Kier alpha value is -2.41. The zero-order valence-electron chi connectivity index (χ0n) is 18.3. The van der Waals surface area contributed by atoms with E-state index in [4.69, 9.17) is 0 Å². The van der Waals surface area contributed by atoms with Crippen LogP contribution >= 0.6 is 15.9 Å². The summed E-state index contributed by atoms with van der Waals surface area (Å²) in [5.74, 6) is 0.377. The highest BCUT2D eigenvalue weighted by atomic mass is 79.9. The number of hydrogen-bond donors (Lipinski definition) is 1. The maximum atomic E-state index is 12.8. The lowest BCUT2D eigenvalue weighted by Gasteiger charge is -2.18. The van der Waals surface area contributed by atoms with Crippen LogP contribution < -0.4 is 5.32 Å². The molecule has 2 unspecified atom stereocenters. The predicted octanol–water partition coefficient (Wildman–Crippen LogP) is 5.36. The molecule has 30 heavy (non-hydrogen) atoms. The first kappa shape index (κ1) is 22.3. The van der Waals surface area contributed by atoms with Gasteiger partial charge in [0.25, 0.3) is 5.91 Å². The van der Waals surface area contributed by atoms with E-state index in [0.29, 0.717) is 18.3 Å². The molecular weight excluding hydrogens is 442 g/mol. The van der Waals surface area contributed by atoms with Crippen molar-refractivity contribution in [3.63, 3.8) is 0 Å². The lowest BCUT2D eigenvalue weighted by atomic mass is 9.95. The number of carbonyl (C=O) groups excluding carboxylic acids is 1. The van der Waals surface area contributed by atoms with E-state index < -0.39 is 0 Å². The molecule has 7 heteroatoms. The highest BCUT2D eigenvalue weighted by Gasteiger charge is 2.17. The van der Waals surface area contributed by atoms with Gasteiger partial charge in [0.15, 0.2) is 0 Å². The molecule has 0 aliphatic carbocycles. The standard InChI is InChI=1S/C23H30BrN5O/c1-6-15(3)18-8-10-19(11-9-18)20(7-2)25-23(30)21-12-13-28(27-21)14-29-17(5)22(24)16(4)26-29/h8-13,15,20H,6-7,14H2,1-5H3,(H,25,30). The van der Waals surface area contributed by atoms with E-state index in [0.717, 1.165) is 34.3 Å². The van der Waals surface area contributed by atoms with Crippen molar-refractivity contribution in [1.82, 2.24) is 24.9 Å². The van der Waals surface area contributed by atoms with Crippen LogP contribution in [-0.2, 0) is 6.67 Å². The summed E-state index contributed by atoms with van der Waals surface area (Å²) < 4.78 is 4.59. The van der Waals surface area contributed by atoms with Gasteiger partial charge in [0.05, 0.1) is 21.9 Å². The molecule has 1 aromatic carbocycles. The first-order valence-electron chi connectivity index (χ1n) is 10.5. The summed E-state index contributed by atoms with van der Waals surface area (Å²) in [4.78, 5) is 12.8. The van der Waals surface area contributed by atoms with Gasteiger partial charge in [-0.25, -0.2) is 4.68 Å². The summed E-state index contributed by atoms with van der Waals surface area (Å²) in [6, 6.07) is 10.3. The molecule has 160 valence electrons. The van der Waals surface area contributed by atoms with Crippen molar-refractivity contribution >= 4 is 21.8 Å². The Bertz CT molecular complexity index is 1010. The normalized spacial score (nSPS) is 13.3. The van der Waals surface area contributed by atoms with Crippen LogP contribution in [-0.4, -0.2) is 25.5 Å². The predicted molar refractivity (Wildman–Crippen MR) is 123 cm³/mol. The molecule has 0 aliphatic rings.